The van der Waals surface area contributed by atoms with Gasteiger partial charge in [-0.15, -0.1) is 0 Å². The van der Waals surface area contributed by atoms with E-state index in [0.29, 0.717) is 24.1 Å². The van der Waals surface area contributed by atoms with E-state index in [-0.39, 0.29) is 0 Å². The molecule has 0 aliphatic carbocycles. The molecule has 0 bridgehead atoms. The summed E-state index contributed by atoms with van der Waals surface area (Å²) in [5, 5.41) is 3.12. The maximum absolute atomic E-state index is 5.69. The van der Waals surface area contributed by atoms with Crippen LogP contribution in [0.15, 0.2) is 6.33 Å². The van der Waals surface area contributed by atoms with E-state index in [4.69, 9.17) is 9.47 Å². The molecule has 1 rings (SSSR count). The first-order valence-electron chi connectivity index (χ1n) is 6.74. The summed E-state index contributed by atoms with van der Waals surface area (Å²) in [6.45, 7) is 10.5. The summed E-state index contributed by atoms with van der Waals surface area (Å²) < 4.78 is 11.0. The summed E-state index contributed by atoms with van der Waals surface area (Å²) in [4.78, 5) is 10.6. The lowest BCUT2D eigenvalue weighted by molar-refractivity contribution is 0.211. The van der Waals surface area contributed by atoms with Crippen molar-refractivity contribution in [3.63, 3.8) is 0 Å². The summed E-state index contributed by atoms with van der Waals surface area (Å²) in [6.07, 6.45) is 1.48. The zero-order chi connectivity index (χ0) is 14.1. The van der Waals surface area contributed by atoms with Crippen LogP contribution in [-0.4, -0.2) is 54.8 Å². The van der Waals surface area contributed by atoms with E-state index in [2.05, 4.69) is 34.0 Å². The van der Waals surface area contributed by atoms with Gasteiger partial charge in [-0.3, -0.25) is 0 Å². The zero-order valence-electron chi connectivity index (χ0n) is 12.3. The highest BCUT2D eigenvalue weighted by atomic mass is 16.5. The van der Waals surface area contributed by atoms with Crippen molar-refractivity contribution >= 4 is 5.82 Å². The van der Waals surface area contributed by atoms with Gasteiger partial charge in [0, 0.05) is 13.1 Å². The highest BCUT2D eigenvalue weighted by Gasteiger charge is 2.13. The molecule has 0 aromatic carbocycles. The van der Waals surface area contributed by atoms with Crippen molar-refractivity contribution in [1.82, 2.24) is 14.9 Å². The van der Waals surface area contributed by atoms with Crippen molar-refractivity contribution in [3.8, 4) is 11.6 Å². The quantitative estimate of drug-likeness (QED) is 0.734. The van der Waals surface area contributed by atoms with Crippen LogP contribution in [0.5, 0.6) is 11.6 Å². The Morgan fingerprint density at radius 2 is 1.95 bits per heavy atom. The number of methoxy groups -OCH3 is 1. The molecule has 0 unspecified atom stereocenters. The van der Waals surface area contributed by atoms with E-state index >= 15 is 0 Å². The van der Waals surface area contributed by atoms with Crippen LogP contribution in [0.25, 0.3) is 0 Å². The van der Waals surface area contributed by atoms with Crippen LogP contribution in [0.3, 0.4) is 0 Å². The predicted molar refractivity (Wildman–Crippen MR) is 76.0 cm³/mol. The SMILES string of the molecule is CCNc1ncnc(OCCN(CC)CC)c1OC. The third-order valence-electron chi connectivity index (χ3n) is 2.86. The van der Waals surface area contributed by atoms with Gasteiger partial charge in [0.25, 0.3) is 5.88 Å². The fourth-order valence-corrected chi connectivity index (χ4v) is 1.75. The monoisotopic (exact) mass is 268 g/mol. The van der Waals surface area contributed by atoms with Gasteiger partial charge in [0.15, 0.2) is 5.82 Å². The number of likely N-dealkylation sites (N-methyl/N-ethyl adjacent to an activating group) is 1. The van der Waals surface area contributed by atoms with Gasteiger partial charge in [0.1, 0.15) is 12.9 Å². The molecule has 0 saturated carbocycles. The maximum Gasteiger partial charge on any atom is 0.262 e. The fourth-order valence-electron chi connectivity index (χ4n) is 1.75. The van der Waals surface area contributed by atoms with Crippen LogP contribution in [0, 0.1) is 0 Å². The number of hydrogen-bond acceptors (Lipinski definition) is 6. The maximum atomic E-state index is 5.69. The van der Waals surface area contributed by atoms with E-state index in [1.54, 1.807) is 7.11 Å². The first-order chi connectivity index (χ1) is 9.26. The molecular formula is C13H24N4O2. The molecule has 0 saturated heterocycles. The number of nitrogens with one attached hydrogen (secondary N) is 1. The standard InChI is InChI=1S/C13H24N4O2/c1-5-14-12-11(18-4)13(16-10-15-12)19-9-8-17(6-2)7-3/h10H,5-9H2,1-4H3,(H,14,15,16). The molecule has 0 radical (unpaired) electrons. The average molecular weight is 268 g/mol. The van der Waals surface area contributed by atoms with Crippen molar-refractivity contribution in [3.05, 3.63) is 6.33 Å². The molecule has 0 aliphatic heterocycles. The van der Waals surface area contributed by atoms with E-state index < -0.39 is 0 Å². The van der Waals surface area contributed by atoms with E-state index in [9.17, 15) is 0 Å². The number of anilines is 1. The molecule has 1 aromatic heterocycles. The molecule has 108 valence electrons. The summed E-state index contributed by atoms with van der Waals surface area (Å²) in [7, 11) is 1.59. The van der Waals surface area contributed by atoms with Crippen molar-refractivity contribution < 1.29 is 9.47 Å². The number of ether oxygens (including phenoxy) is 2. The molecule has 0 atom stereocenters. The lowest BCUT2D eigenvalue weighted by atomic mass is 10.4. The van der Waals surface area contributed by atoms with Crippen LogP contribution in [0.1, 0.15) is 20.8 Å². The molecule has 6 heteroatoms. The van der Waals surface area contributed by atoms with Crippen molar-refractivity contribution in [1.29, 1.82) is 0 Å². The minimum atomic E-state index is 0.487. The first kappa shape index (κ1) is 15.5. The van der Waals surface area contributed by atoms with Gasteiger partial charge in [0.2, 0.25) is 5.75 Å². The van der Waals surface area contributed by atoms with E-state index in [1.807, 2.05) is 6.92 Å². The van der Waals surface area contributed by atoms with Crippen LogP contribution < -0.4 is 14.8 Å². The summed E-state index contributed by atoms with van der Waals surface area (Å²) in [5.74, 6) is 1.71. The average Bonchev–Trinajstić information content (AvgIpc) is 2.44. The van der Waals surface area contributed by atoms with Gasteiger partial charge in [-0.2, -0.15) is 4.98 Å². The lowest BCUT2D eigenvalue weighted by Gasteiger charge is -2.18. The Hall–Kier alpha value is -1.56. The van der Waals surface area contributed by atoms with Gasteiger partial charge in [-0.05, 0) is 20.0 Å². The topological polar surface area (TPSA) is 59.5 Å². The molecule has 0 fully saturated rings. The normalized spacial score (nSPS) is 10.6. The summed E-state index contributed by atoms with van der Waals surface area (Å²) in [6, 6.07) is 0. The first-order valence-corrected chi connectivity index (χ1v) is 6.74. The molecule has 0 aliphatic rings. The molecule has 1 N–H and O–H groups in total. The Labute approximate surface area is 115 Å². The highest BCUT2D eigenvalue weighted by molar-refractivity contribution is 5.54. The third kappa shape index (κ3) is 4.55. The van der Waals surface area contributed by atoms with Crippen LogP contribution in [0.2, 0.25) is 0 Å². The predicted octanol–water partition coefficient (Wildman–Crippen LogP) is 1.64. The highest BCUT2D eigenvalue weighted by Crippen LogP contribution is 2.30. The molecule has 19 heavy (non-hydrogen) atoms. The molecule has 1 heterocycles. The summed E-state index contributed by atoms with van der Waals surface area (Å²) in [5.41, 5.74) is 0. The summed E-state index contributed by atoms with van der Waals surface area (Å²) >= 11 is 0. The molecule has 1 aromatic rings. The van der Waals surface area contributed by atoms with Gasteiger partial charge in [0.05, 0.1) is 7.11 Å². The Kier molecular flexibility index (Phi) is 6.95. The third-order valence-corrected chi connectivity index (χ3v) is 2.86. The second kappa shape index (κ2) is 8.53. The van der Waals surface area contributed by atoms with Crippen LogP contribution in [-0.2, 0) is 0 Å². The number of nitrogens with zero attached hydrogens (tertiary/aromatic N) is 3. The zero-order valence-corrected chi connectivity index (χ0v) is 12.3. The van der Waals surface area contributed by atoms with Crippen molar-refractivity contribution in [2.45, 2.75) is 20.8 Å². The number of rotatable bonds is 9. The van der Waals surface area contributed by atoms with Gasteiger partial charge >= 0.3 is 0 Å². The minimum absolute atomic E-state index is 0.487. The molecule has 0 amide bonds. The Balaban J connectivity index is 2.64. The number of hydrogen-bond donors (Lipinski definition) is 1. The van der Waals surface area contributed by atoms with Gasteiger partial charge in [-0.25, -0.2) is 4.98 Å². The van der Waals surface area contributed by atoms with Crippen LogP contribution >= 0.6 is 0 Å². The van der Waals surface area contributed by atoms with Crippen LogP contribution in [0.4, 0.5) is 5.82 Å². The second-order valence-corrected chi connectivity index (χ2v) is 3.97. The smallest absolute Gasteiger partial charge is 0.262 e. The molecule has 0 spiro atoms. The Morgan fingerprint density at radius 3 is 2.53 bits per heavy atom. The Bertz CT molecular complexity index is 370. The largest absolute Gasteiger partial charge is 0.489 e. The van der Waals surface area contributed by atoms with Gasteiger partial charge < -0.3 is 19.7 Å². The number of aromatic nitrogens is 2. The molecule has 6 nitrogen and oxygen atoms in total. The second-order valence-electron chi connectivity index (χ2n) is 3.97. The van der Waals surface area contributed by atoms with Crippen molar-refractivity contribution in [2.24, 2.45) is 0 Å². The Morgan fingerprint density at radius 1 is 1.21 bits per heavy atom. The van der Waals surface area contributed by atoms with Crippen molar-refractivity contribution in [2.75, 3.05) is 45.2 Å². The molecular weight excluding hydrogens is 244 g/mol. The lowest BCUT2D eigenvalue weighted by Crippen LogP contribution is -2.28. The van der Waals surface area contributed by atoms with Gasteiger partial charge in [-0.1, -0.05) is 13.8 Å². The minimum Gasteiger partial charge on any atom is -0.489 e. The fraction of sp³-hybridized carbons (Fsp3) is 0.692. The van der Waals surface area contributed by atoms with E-state index in [1.165, 1.54) is 6.33 Å². The van der Waals surface area contributed by atoms with E-state index in [0.717, 1.165) is 26.2 Å².